The maximum atomic E-state index is 14.1. The van der Waals surface area contributed by atoms with E-state index in [1.807, 2.05) is 42.5 Å². The molecule has 0 atom stereocenters. The minimum atomic E-state index is -0.327. The number of pyridine rings is 1. The molecule has 3 heteroatoms. The Morgan fingerprint density at radius 3 is 2.53 bits per heavy atom. The molecule has 0 saturated heterocycles. The molecule has 1 heterocycles. The predicted molar refractivity (Wildman–Crippen MR) is 73.7 cm³/mol. The third-order valence-corrected chi connectivity index (χ3v) is 3.02. The molecule has 2 aromatic carbocycles. The lowest BCUT2D eigenvalue weighted by Crippen LogP contribution is -1.91. The van der Waals surface area contributed by atoms with Crippen LogP contribution in [0.25, 0.3) is 22.2 Å². The molecule has 94 valence electrons. The molecular formula is C16H12FNO. The molecule has 0 radical (unpaired) electrons. The summed E-state index contributed by atoms with van der Waals surface area (Å²) >= 11 is 0. The summed E-state index contributed by atoms with van der Waals surface area (Å²) in [4.78, 5) is 4.39. The van der Waals surface area contributed by atoms with E-state index >= 15 is 0 Å². The summed E-state index contributed by atoms with van der Waals surface area (Å²) in [5.41, 5.74) is 1.90. The van der Waals surface area contributed by atoms with Gasteiger partial charge in [-0.3, -0.25) is 0 Å². The molecule has 0 spiro atoms. The van der Waals surface area contributed by atoms with E-state index in [1.54, 1.807) is 13.2 Å². The fourth-order valence-corrected chi connectivity index (χ4v) is 2.05. The lowest BCUT2D eigenvalue weighted by Gasteiger charge is -2.06. The van der Waals surface area contributed by atoms with Crippen LogP contribution >= 0.6 is 0 Å². The maximum absolute atomic E-state index is 14.1. The summed E-state index contributed by atoms with van der Waals surface area (Å²) in [5.74, 6) is 0.369. The molecule has 0 aliphatic heterocycles. The Hall–Kier alpha value is -2.42. The fraction of sp³-hybridized carbons (Fsp3) is 0.0625. The third kappa shape index (κ3) is 2.15. The Morgan fingerprint density at radius 1 is 1.00 bits per heavy atom. The minimum absolute atomic E-state index is 0.327. The van der Waals surface area contributed by atoms with Crippen molar-refractivity contribution < 1.29 is 9.13 Å². The Morgan fingerprint density at radius 2 is 1.79 bits per heavy atom. The van der Waals surface area contributed by atoms with Crippen LogP contribution in [0.2, 0.25) is 0 Å². The quantitative estimate of drug-likeness (QED) is 0.687. The topological polar surface area (TPSA) is 22.1 Å². The van der Waals surface area contributed by atoms with Crippen LogP contribution in [0, 0.1) is 5.82 Å². The average molecular weight is 253 g/mol. The Balaban J connectivity index is 2.20. The zero-order valence-electron chi connectivity index (χ0n) is 10.4. The van der Waals surface area contributed by atoms with Crippen molar-refractivity contribution in [1.29, 1.82) is 0 Å². The highest BCUT2D eigenvalue weighted by Gasteiger charge is 2.09. The first-order valence-electron chi connectivity index (χ1n) is 5.97. The van der Waals surface area contributed by atoms with Gasteiger partial charge in [-0.25, -0.2) is 9.37 Å². The summed E-state index contributed by atoms with van der Waals surface area (Å²) in [6.07, 6.45) is 0. The number of methoxy groups -OCH3 is 1. The molecule has 19 heavy (non-hydrogen) atoms. The van der Waals surface area contributed by atoms with Crippen LogP contribution < -0.4 is 4.74 Å². The normalized spacial score (nSPS) is 10.6. The molecule has 0 saturated carbocycles. The van der Waals surface area contributed by atoms with Gasteiger partial charge in [-0.1, -0.05) is 30.3 Å². The standard InChI is InChI=1S/C16H12FNO/c1-19-13-7-8-15-12(9-13)10-14(17)16(18-15)11-5-3-2-4-6-11/h2-10H,1H3. The van der Waals surface area contributed by atoms with Gasteiger partial charge in [0.1, 0.15) is 17.3 Å². The van der Waals surface area contributed by atoms with Gasteiger partial charge in [-0.15, -0.1) is 0 Å². The van der Waals surface area contributed by atoms with Crippen molar-refractivity contribution >= 4 is 10.9 Å². The smallest absolute Gasteiger partial charge is 0.150 e. The van der Waals surface area contributed by atoms with E-state index in [9.17, 15) is 4.39 Å². The summed E-state index contributed by atoms with van der Waals surface area (Å²) in [6, 6.07) is 16.3. The van der Waals surface area contributed by atoms with Gasteiger partial charge in [0.15, 0.2) is 0 Å². The number of ether oxygens (including phenoxy) is 1. The van der Waals surface area contributed by atoms with Gasteiger partial charge in [-0.05, 0) is 24.3 Å². The highest BCUT2D eigenvalue weighted by Crippen LogP contribution is 2.26. The Labute approximate surface area is 110 Å². The van der Waals surface area contributed by atoms with Gasteiger partial charge >= 0.3 is 0 Å². The molecule has 3 rings (SSSR count). The molecule has 0 unspecified atom stereocenters. The molecule has 0 amide bonds. The summed E-state index contributed by atoms with van der Waals surface area (Å²) in [5, 5.41) is 0.733. The van der Waals surface area contributed by atoms with E-state index in [4.69, 9.17) is 4.74 Å². The second-order valence-electron chi connectivity index (χ2n) is 4.24. The summed E-state index contributed by atoms with van der Waals surface area (Å²) < 4.78 is 19.3. The Bertz CT molecular complexity index is 725. The number of rotatable bonds is 2. The van der Waals surface area contributed by atoms with E-state index in [0.717, 1.165) is 16.5 Å². The van der Waals surface area contributed by atoms with Gasteiger partial charge in [-0.2, -0.15) is 0 Å². The molecular weight excluding hydrogens is 241 g/mol. The number of hydrogen-bond acceptors (Lipinski definition) is 2. The van der Waals surface area contributed by atoms with Crippen molar-refractivity contribution in [1.82, 2.24) is 4.98 Å². The zero-order valence-corrected chi connectivity index (χ0v) is 10.4. The van der Waals surface area contributed by atoms with Crippen LogP contribution in [-0.4, -0.2) is 12.1 Å². The average Bonchev–Trinajstić information content (AvgIpc) is 2.47. The van der Waals surface area contributed by atoms with Gasteiger partial charge in [0.2, 0.25) is 0 Å². The third-order valence-electron chi connectivity index (χ3n) is 3.02. The van der Waals surface area contributed by atoms with Gasteiger partial charge in [0.05, 0.1) is 12.6 Å². The molecule has 2 nitrogen and oxygen atoms in total. The van der Waals surface area contributed by atoms with Crippen LogP contribution in [0.4, 0.5) is 4.39 Å². The van der Waals surface area contributed by atoms with Crippen molar-refractivity contribution in [2.75, 3.05) is 7.11 Å². The van der Waals surface area contributed by atoms with Crippen molar-refractivity contribution in [3.05, 3.63) is 60.4 Å². The second-order valence-corrected chi connectivity index (χ2v) is 4.24. The molecule has 0 N–H and O–H groups in total. The number of nitrogens with zero attached hydrogens (tertiary/aromatic N) is 1. The fourth-order valence-electron chi connectivity index (χ4n) is 2.05. The first-order valence-corrected chi connectivity index (χ1v) is 5.97. The SMILES string of the molecule is COc1ccc2nc(-c3ccccc3)c(F)cc2c1. The van der Waals surface area contributed by atoms with E-state index < -0.39 is 0 Å². The van der Waals surface area contributed by atoms with E-state index in [0.29, 0.717) is 11.4 Å². The van der Waals surface area contributed by atoms with Crippen LogP contribution in [0.5, 0.6) is 5.75 Å². The monoisotopic (exact) mass is 253 g/mol. The first-order chi connectivity index (χ1) is 9.28. The van der Waals surface area contributed by atoms with Crippen molar-refractivity contribution in [2.24, 2.45) is 0 Å². The lowest BCUT2D eigenvalue weighted by molar-refractivity contribution is 0.415. The van der Waals surface area contributed by atoms with E-state index in [2.05, 4.69) is 4.98 Å². The van der Waals surface area contributed by atoms with Gasteiger partial charge in [0, 0.05) is 10.9 Å². The largest absolute Gasteiger partial charge is 0.497 e. The van der Waals surface area contributed by atoms with Crippen molar-refractivity contribution in [3.8, 4) is 17.0 Å². The van der Waals surface area contributed by atoms with Crippen LogP contribution in [-0.2, 0) is 0 Å². The number of aromatic nitrogens is 1. The first kappa shape index (κ1) is 11.7. The molecule has 0 bridgehead atoms. The zero-order chi connectivity index (χ0) is 13.2. The number of hydrogen-bond donors (Lipinski definition) is 0. The van der Waals surface area contributed by atoms with E-state index in [1.165, 1.54) is 6.07 Å². The molecule has 0 fully saturated rings. The highest BCUT2D eigenvalue weighted by molar-refractivity contribution is 5.83. The lowest BCUT2D eigenvalue weighted by atomic mass is 10.1. The van der Waals surface area contributed by atoms with Gasteiger partial charge < -0.3 is 4.74 Å². The van der Waals surface area contributed by atoms with Gasteiger partial charge in [0.25, 0.3) is 0 Å². The van der Waals surface area contributed by atoms with E-state index in [-0.39, 0.29) is 5.82 Å². The number of halogens is 1. The maximum Gasteiger partial charge on any atom is 0.150 e. The Kier molecular flexibility index (Phi) is 2.88. The van der Waals surface area contributed by atoms with Crippen molar-refractivity contribution in [3.63, 3.8) is 0 Å². The molecule has 1 aromatic heterocycles. The highest BCUT2D eigenvalue weighted by atomic mass is 19.1. The molecule has 0 aliphatic carbocycles. The summed E-state index contributed by atoms with van der Waals surface area (Å²) in [7, 11) is 1.59. The second kappa shape index (κ2) is 4.69. The van der Waals surface area contributed by atoms with Crippen LogP contribution in [0.15, 0.2) is 54.6 Å². The summed E-state index contributed by atoms with van der Waals surface area (Å²) in [6.45, 7) is 0. The number of benzene rings is 2. The molecule has 3 aromatic rings. The predicted octanol–water partition coefficient (Wildman–Crippen LogP) is 4.05. The van der Waals surface area contributed by atoms with Crippen LogP contribution in [0.1, 0.15) is 0 Å². The van der Waals surface area contributed by atoms with Crippen molar-refractivity contribution in [2.45, 2.75) is 0 Å². The number of fused-ring (bicyclic) bond motifs is 1. The molecule has 0 aliphatic rings. The minimum Gasteiger partial charge on any atom is -0.497 e. The van der Waals surface area contributed by atoms with Crippen LogP contribution in [0.3, 0.4) is 0 Å².